The number of hydrogen-bond acceptors (Lipinski definition) is 4. The van der Waals surface area contributed by atoms with Crippen LogP contribution < -0.4 is 4.74 Å². The van der Waals surface area contributed by atoms with Crippen LogP contribution in [0, 0.1) is 0 Å². The summed E-state index contributed by atoms with van der Waals surface area (Å²) in [5.74, 6) is 0.691. The summed E-state index contributed by atoms with van der Waals surface area (Å²) in [6.45, 7) is 7.28. The molecule has 1 aromatic heterocycles. The van der Waals surface area contributed by atoms with Crippen LogP contribution in [0.5, 0.6) is 5.75 Å². The lowest BCUT2D eigenvalue weighted by atomic mass is 10.1. The van der Waals surface area contributed by atoms with Crippen LogP contribution in [0.2, 0.25) is 0 Å². The van der Waals surface area contributed by atoms with Gasteiger partial charge in [-0.3, -0.25) is 4.98 Å². The normalized spacial score (nSPS) is 12.7. The van der Waals surface area contributed by atoms with Crippen molar-refractivity contribution in [2.24, 2.45) is 0 Å². The van der Waals surface area contributed by atoms with Gasteiger partial charge >= 0.3 is 0 Å². The first kappa shape index (κ1) is 14.9. The Morgan fingerprint density at radius 3 is 2.72 bits per heavy atom. The van der Waals surface area contributed by atoms with Crippen molar-refractivity contribution in [3.63, 3.8) is 0 Å². The van der Waals surface area contributed by atoms with Crippen molar-refractivity contribution in [3.8, 4) is 5.75 Å². The van der Waals surface area contributed by atoms with Gasteiger partial charge in [-0.05, 0) is 26.3 Å². The van der Waals surface area contributed by atoms with E-state index in [1.807, 2.05) is 19.9 Å². The second-order valence-corrected chi connectivity index (χ2v) is 4.54. The predicted octanol–water partition coefficient (Wildman–Crippen LogP) is 2.72. The van der Waals surface area contributed by atoms with Crippen LogP contribution in [0.3, 0.4) is 0 Å². The lowest BCUT2D eigenvalue weighted by Crippen LogP contribution is -2.08. The number of hydrogen-bond donors (Lipinski definition) is 1. The molecule has 0 aliphatic heterocycles. The molecule has 0 amide bonds. The summed E-state index contributed by atoms with van der Waals surface area (Å²) in [5.41, 5.74) is 0.772. The molecular weight excluding hydrogens is 230 g/mol. The van der Waals surface area contributed by atoms with Gasteiger partial charge in [-0.2, -0.15) is 0 Å². The molecule has 0 saturated carbocycles. The van der Waals surface area contributed by atoms with Crippen molar-refractivity contribution in [3.05, 3.63) is 24.0 Å². The van der Waals surface area contributed by atoms with Crippen molar-refractivity contribution < 1.29 is 14.6 Å². The van der Waals surface area contributed by atoms with Gasteiger partial charge in [0.1, 0.15) is 5.75 Å². The van der Waals surface area contributed by atoms with Crippen LogP contribution in [0.25, 0.3) is 0 Å². The Morgan fingerprint density at radius 2 is 2.06 bits per heavy atom. The average molecular weight is 253 g/mol. The molecule has 0 radical (unpaired) electrons. The Morgan fingerprint density at radius 1 is 1.28 bits per heavy atom. The van der Waals surface area contributed by atoms with E-state index in [0.29, 0.717) is 18.8 Å². The summed E-state index contributed by atoms with van der Waals surface area (Å²) in [6, 6.07) is 1.83. The maximum Gasteiger partial charge on any atom is 0.138 e. The maximum atomic E-state index is 10.0. The van der Waals surface area contributed by atoms with E-state index in [-0.39, 0.29) is 6.10 Å². The molecule has 0 aliphatic carbocycles. The zero-order chi connectivity index (χ0) is 13.4. The van der Waals surface area contributed by atoms with Crippen LogP contribution in [0.4, 0.5) is 0 Å². The Balaban J connectivity index is 2.48. The number of aliphatic hydroxyl groups is 1. The SMILES string of the molecule is CCCOCCC(O)c1cncc(OC(C)C)c1. The van der Waals surface area contributed by atoms with Crippen LogP contribution in [0.15, 0.2) is 18.5 Å². The number of pyridine rings is 1. The van der Waals surface area contributed by atoms with E-state index in [0.717, 1.165) is 18.6 Å². The van der Waals surface area contributed by atoms with Crippen LogP contribution in [-0.2, 0) is 4.74 Å². The van der Waals surface area contributed by atoms with E-state index in [1.165, 1.54) is 0 Å². The van der Waals surface area contributed by atoms with Gasteiger partial charge in [0.15, 0.2) is 0 Å². The van der Waals surface area contributed by atoms with Crippen molar-refractivity contribution in [1.29, 1.82) is 0 Å². The van der Waals surface area contributed by atoms with E-state index in [2.05, 4.69) is 11.9 Å². The predicted molar refractivity (Wildman–Crippen MR) is 70.7 cm³/mol. The summed E-state index contributed by atoms with van der Waals surface area (Å²) >= 11 is 0. The molecule has 0 spiro atoms. The monoisotopic (exact) mass is 253 g/mol. The summed E-state index contributed by atoms with van der Waals surface area (Å²) in [7, 11) is 0. The van der Waals surface area contributed by atoms with Gasteiger partial charge in [-0.1, -0.05) is 6.92 Å². The molecule has 0 bridgehead atoms. The second-order valence-electron chi connectivity index (χ2n) is 4.54. The zero-order valence-electron chi connectivity index (χ0n) is 11.4. The Labute approximate surface area is 109 Å². The van der Waals surface area contributed by atoms with Gasteiger partial charge in [0.25, 0.3) is 0 Å². The largest absolute Gasteiger partial charge is 0.489 e. The molecule has 4 nitrogen and oxygen atoms in total. The zero-order valence-corrected chi connectivity index (χ0v) is 11.4. The number of aliphatic hydroxyl groups excluding tert-OH is 1. The molecule has 18 heavy (non-hydrogen) atoms. The Bertz CT molecular complexity index is 342. The fourth-order valence-corrected chi connectivity index (χ4v) is 1.56. The standard InChI is InChI=1S/C14H23NO3/c1-4-6-17-7-5-14(16)12-8-13(10-15-9-12)18-11(2)3/h8-11,14,16H,4-7H2,1-3H3. The first-order valence-electron chi connectivity index (χ1n) is 6.51. The molecule has 1 unspecified atom stereocenters. The Kier molecular flexibility index (Phi) is 6.68. The van der Waals surface area contributed by atoms with E-state index >= 15 is 0 Å². The van der Waals surface area contributed by atoms with E-state index < -0.39 is 6.10 Å². The summed E-state index contributed by atoms with van der Waals surface area (Å²) < 4.78 is 10.9. The molecular formula is C14H23NO3. The van der Waals surface area contributed by atoms with Crippen molar-refractivity contribution in [2.45, 2.75) is 45.8 Å². The highest BCUT2D eigenvalue weighted by Gasteiger charge is 2.09. The fourth-order valence-electron chi connectivity index (χ4n) is 1.56. The quantitative estimate of drug-likeness (QED) is 0.724. The third-order valence-corrected chi connectivity index (χ3v) is 2.37. The Hall–Kier alpha value is -1.13. The van der Waals surface area contributed by atoms with Gasteiger partial charge < -0.3 is 14.6 Å². The first-order valence-corrected chi connectivity index (χ1v) is 6.51. The molecule has 1 aromatic rings. The summed E-state index contributed by atoms with van der Waals surface area (Å²) in [6.07, 6.45) is 4.45. The second kappa shape index (κ2) is 8.06. The van der Waals surface area contributed by atoms with Crippen molar-refractivity contribution in [2.75, 3.05) is 13.2 Å². The molecule has 1 atom stereocenters. The lowest BCUT2D eigenvalue weighted by molar-refractivity contribution is 0.0818. The number of ether oxygens (including phenoxy) is 2. The minimum atomic E-state index is -0.551. The van der Waals surface area contributed by atoms with E-state index in [4.69, 9.17) is 9.47 Å². The van der Waals surface area contributed by atoms with Gasteiger partial charge in [0, 0.05) is 31.4 Å². The highest BCUT2D eigenvalue weighted by molar-refractivity contribution is 5.25. The van der Waals surface area contributed by atoms with Crippen LogP contribution >= 0.6 is 0 Å². The molecule has 0 aliphatic rings. The van der Waals surface area contributed by atoms with Gasteiger partial charge in [-0.25, -0.2) is 0 Å². The van der Waals surface area contributed by atoms with Gasteiger partial charge in [0.2, 0.25) is 0 Å². The highest BCUT2D eigenvalue weighted by atomic mass is 16.5. The minimum absolute atomic E-state index is 0.104. The molecule has 102 valence electrons. The van der Waals surface area contributed by atoms with Crippen molar-refractivity contribution >= 4 is 0 Å². The fraction of sp³-hybridized carbons (Fsp3) is 0.643. The van der Waals surface area contributed by atoms with E-state index in [1.54, 1.807) is 12.4 Å². The third-order valence-electron chi connectivity index (χ3n) is 2.37. The number of nitrogens with zero attached hydrogens (tertiary/aromatic N) is 1. The molecule has 0 fully saturated rings. The van der Waals surface area contributed by atoms with E-state index in [9.17, 15) is 5.11 Å². The molecule has 0 saturated heterocycles. The average Bonchev–Trinajstić information content (AvgIpc) is 2.34. The minimum Gasteiger partial charge on any atom is -0.489 e. The third kappa shape index (κ3) is 5.47. The van der Waals surface area contributed by atoms with Gasteiger partial charge in [-0.15, -0.1) is 0 Å². The molecule has 1 N–H and O–H groups in total. The lowest BCUT2D eigenvalue weighted by Gasteiger charge is -2.14. The molecule has 1 rings (SSSR count). The topological polar surface area (TPSA) is 51.6 Å². The molecule has 1 heterocycles. The van der Waals surface area contributed by atoms with Gasteiger partial charge in [0.05, 0.1) is 18.4 Å². The van der Waals surface area contributed by atoms with Crippen molar-refractivity contribution in [1.82, 2.24) is 4.98 Å². The maximum absolute atomic E-state index is 10.0. The van der Waals surface area contributed by atoms with Crippen LogP contribution in [-0.4, -0.2) is 29.4 Å². The number of rotatable bonds is 8. The molecule has 0 aromatic carbocycles. The van der Waals surface area contributed by atoms with Crippen LogP contribution in [0.1, 0.15) is 45.3 Å². The summed E-state index contributed by atoms with van der Waals surface area (Å²) in [4.78, 5) is 4.08. The molecule has 4 heteroatoms. The first-order chi connectivity index (χ1) is 8.63. The highest BCUT2D eigenvalue weighted by Crippen LogP contribution is 2.20. The smallest absolute Gasteiger partial charge is 0.138 e. The number of aromatic nitrogens is 1. The summed E-state index contributed by atoms with van der Waals surface area (Å²) in [5, 5.41) is 10.0.